The average molecular weight is 310 g/mol. The standard InChI is InChI=1S/C18H14O5/c1-11(19)13-5-3-7-15(9-13)17(21)23-18(22)16-8-4-6-14(10-16)12(2)20/h3-10H,1-2H3. The normalized spacial score (nSPS) is 10.0. The highest BCUT2D eigenvalue weighted by molar-refractivity contribution is 6.05. The summed E-state index contributed by atoms with van der Waals surface area (Å²) in [5.74, 6) is -2.10. The van der Waals surface area contributed by atoms with Gasteiger partial charge in [0.2, 0.25) is 0 Å². The lowest BCUT2D eigenvalue weighted by Gasteiger charge is -2.05. The molecule has 0 fully saturated rings. The van der Waals surface area contributed by atoms with Gasteiger partial charge in [0.1, 0.15) is 0 Å². The zero-order valence-corrected chi connectivity index (χ0v) is 12.7. The Bertz CT molecular complexity index is 737. The molecule has 0 unspecified atom stereocenters. The Morgan fingerprint density at radius 2 is 1.00 bits per heavy atom. The number of ether oxygens (including phenoxy) is 1. The lowest BCUT2D eigenvalue weighted by Crippen LogP contribution is -2.13. The van der Waals surface area contributed by atoms with E-state index in [4.69, 9.17) is 4.74 Å². The maximum Gasteiger partial charge on any atom is 0.346 e. The first-order chi connectivity index (χ1) is 10.9. The van der Waals surface area contributed by atoms with Crippen molar-refractivity contribution in [3.8, 4) is 0 Å². The van der Waals surface area contributed by atoms with Crippen molar-refractivity contribution in [2.75, 3.05) is 0 Å². The molecule has 0 N–H and O–H groups in total. The maximum absolute atomic E-state index is 12.0. The molecule has 2 aromatic rings. The minimum absolute atomic E-state index is 0.105. The van der Waals surface area contributed by atoms with Gasteiger partial charge in [0.05, 0.1) is 11.1 Å². The molecule has 0 saturated heterocycles. The SMILES string of the molecule is CC(=O)c1cccc(C(=O)OC(=O)c2cccc(C(C)=O)c2)c1. The zero-order valence-electron chi connectivity index (χ0n) is 12.7. The summed E-state index contributed by atoms with van der Waals surface area (Å²) >= 11 is 0. The van der Waals surface area contributed by atoms with E-state index in [1.807, 2.05) is 0 Å². The first kappa shape index (κ1) is 16.3. The quantitative estimate of drug-likeness (QED) is 0.492. The van der Waals surface area contributed by atoms with Gasteiger partial charge in [0.15, 0.2) is 11.6 Å². The molecule has 2 aromatic carbocycles. The predicted molar refractivity (Wildman–Crippen MR) is 82.6 cm³/mol. The minimum Gasteiger partial charge on any atom is -0.386 e. The van der Waals surface area contributed by atoms with Crippen LogP contribution in [0, 0.1) is 0 Å². The van der Waals surface area contributed by atoms with Gasteiger partial charge in [0, 0.05) is 11.1 Å². The number of rotatable bonds is 4. The summed E-state index contributed by atoms with van der Waals surface area (Å²) in [7, 11) is 0. The number of carbonyl (C=O) groups excluding carboxylic acids is 4. The number of esters is 2. The summed E-state index contributed by atoms with van der Waals surface area (Å²) in [4.78, 5) is 46.6. The number of hydrogen-bond acceptors (Lipinski definition) is 5. The summed E-state index contributed by atoms with van der Waals surface area (Å²) in [6.07, 6.45) is 0. The molecule has 2 rings (SSSR count). The second-order valence-electron chi connectivity index (χ2n) is 4.95. The largest absolute Gasteiger partial charge is 0.386 e. The molecule has 0 radical (unpaired) electrons. The molecule has 0 aliphatic heterocycles. The van der Waals surface area contributed by atoms with Gasteiger partial charge in [0.25, 0.3) is 0 Å². The number of ketones is 2. The molecule has 0 aromatic heterocycles. The van der Waals surface area contributed by atoms with E-state index in [9.17, 15) is 19.2 Å². The van der Waals surface area contributed by atoms with Crippen LogP contribution in [0.3, 0.4) is 0 Å². The van der Waals surface area contributed by atoms with Crippen molar-refractivity contribution < 1.29 is 23.9 Å². The molecular weight excluding hydrogens is 296 g/mol. The van der Waals surface area contributed by atoms with Gasteiger partial charge in [-0.25, -0.2) is 9.59 Å². The van der Waals surface area contributed by atoms with Crippen LogP contribution in [0.1, 0.15) is 55.3 Å². The Morgan fingerprint density at radius 1 is 0.652 bits per heavy atom. The zero-order chi connectivity index (χ0) is 17.0. The van der Waals surface area contributed by atoms with E-state index in [-0.39, 0.29) is 22.7 Å². The molecule has 116 valence electrons. The first-order valence-electron chi connectivity index (χ1n) is 6.87. The second-order valence-corrected chi connectivity index (χ2v) is 4.95. The number of benzene rings is 2. The van der Waals surface area contributed by atoms with Gasteiger partial charge in [-0.3, -0.25) is 9.59 Å². The molecule has 0 aliphatic rings. The van der Waals surface area contributed by atoms with Gasteiger partial charge in [-0.1, -0.05) is 24.3 Å². The fourth-order valence-corrected chi connectivity index (χ4v) is 1.93. The van der Waals surface area contributed by atoms with E-state index < -0.39 is 11.9 Å². The number of hydrogen-bond donors (Lipinski definition) is 0. The van der Waals surface area contributed by atoms with Crippen molar-refractivity contribution in [3.63, 3.8) is 0 Å². The summed E-state index contributed by atoms with van der Waals surface area (Å²) in [6, 6.07) is 11.8. The molecule has 0 bridgehead atoms. The molecule has 5 heteroatoms. The molecule has 23 heavy (non-hydrogen) atoms. The third-order valence-corrected chi connectivity index (χ3v) is 3.19. The van der Waals surface area contributed by atoms with Gasteiger partial charge >= 0.3 is 11.9 Å². The maximum atomic E-state index is 12.0. The number of Topliss-reactive ketones (excluding diaryl/α,β-unsaturated/α-hetero) is 2. The summed E-state index contributed by atoms with van der Waals surface area (Å²) in [5.41, 5.74) is 0.915. The average Bonchev–Trinajstić information content (AvgIpc) is 2.54. The topological polar surface area (TPSA) is 77.5 Å². The van der Waals surface area contributed by atoms with E-state index in [1.54, 1.807) is 12.1 Å². The summed E-state index contributed by atoms with van der Waals surface area (Å²) in [6.45, 7) is 2.76. The highest BCUT2D eigenvalue weighted by Gasteiger charge is 2.16. The second kappa shape index (κ2) is 6.79. The number of carbonyl (C=O) groups is 4. The molecule has 0 heterocycles. The van der Waals surface area contributed by atoms with Crippen molar-refractivity contribution >= 4 is 23.5 Å². The molecule has 0 aliphatic carbocycles. The van der Waals surface area contributed by atoms with E-state index in [0.29, 0.717) is 11.1 Å². The highest BCUT2D eigenvalue weighted by atomic mass is 16.6. The van der Waals surface area contributed by atoms with E-state index in [0.717, 1.165) is 0 Å². The molecular formula is C18H14O5. The van der Waals surface area contributed by atoms with Crippen LogP contribution in [0.15, 0.2) is 48.5 Å². The van der Waals surface area contributed by atoms with Crippen LogP contribution >= 0.6 is 0 Å². The van der Waals surface area contributed by atoms with Crippen LogP contribution in [-0.2, 0) is 4.74 Å². The van der Waals surface area contributed by atoms with Crippen molar-refractivity contribution in [3.05, 3.63) is 70.8 Å². The first-order valence-corrected chi connectivity index (χ1v) is 6.87. The van der Waals surface area contributed by atoms with Gasteiger partial charge in [-0.2, -0.15) is 0 Å². The Hall–Kier alpha value is -3.08. The monoisotopic (exact) mass is 310 g/mol. The minimum atomic E-state index is -0.855. The van der Waals surface area contributed by atoms with Crippen LogP contribution in [0.2, 0.25) is 0 Å². The van der Waals surface area contributed by atoms with Crippen molar-refractivity contribution in [1.82, 2.24) is 0 Å². The Labute approximate surface area is 132 Å². The van der Waals surface area contributed by atoms with Gasteiger partial charge in [-0.05, 0) is 38.1 Å². The summed E-state index contributed by atoms with van der Waals surface area (Å²) in [5, 5.41) is 0. The Kier molecular flexibility index (Phi) is 4.81. The van der Waals surface area contributed by atoms with Crippen molar-refractivity contribution in [1.29, 1.82) is 0 Å². The molecule has 5 nitrogen and oxygen atoms in total. The third kappa shape index (κ3) is 3.97. The molecule has 0 spiro atoms. The van der Waals surface area contributed by atoms with E-state index in [2.05, 4.69) is 0 Å². The van der Waals surface area contributed by atoms with Crippen molar-refractivity contribution in [2.45, 2.75) is 13.8 Å². The van der Waals surface area contributed by atoms with Crippen molar-refractivity contribution in [2.24, 2.45) is 0 Å². The summed E-state index contributed by atoms with van der Waals surface area (Å²) < 4.78 is 4.79. The van der Waals surface area contributed by atoms with Crippen LogP contribution in [0.4, 0.5) is 0 Å². The lowest BCUT2D eigenvalue weighted by atomic mass is 10.1. The van der Waals surface area contributed by atoms with Crippen LogP contribution in [-0.4, -0.2) is 23.5 Å². The smallest absolute Gasteiger partial charge is 0.346 e. The highest BCUT2D eigenvalue weighted by Crippen LogP contribution is 2.11. The van der Waals surface area contributed by atoms with Gasteiger partial charge < -0.3 is 4.74 Å². The van der Waals surface area contributed by atoms with Crippen LogP contribution in [0.5, 0.6) is 0 Å². The fourth-order valence-electron chi connectivity index (χ4n) is 1.93. The van der Waals surface area contributed by atoms with Crippen LogP contribution < -0.4 is 0 Å². The Morgan fingerprint density at radius 3 is 1.35 bits per heavy atom. The lowest BCUT2D eigenvalue weighted by molar-refractivity contribution is 0.0397. The van der Waals surface area contributed by atoms with Crippen LogP contribution in [0.25, 0.3) is 0 Å². The Balaban J connectivity index is 2.18. The fraction of sp³-hybridized carbons (Fsp3) is 0.111. The van der Waals surface area contributed by atoms with Gasteiger partial charge in [-0.15, -0.1) is 0 Å². The molecule has 0 saturated carbocycles. The third-order valence-electron chi connectivity index (χ3n) is 3.19. The van der Waals surface area contributed by atoms with E-state index in [1.165, 1.54) is 50.2 Å². The van der Waals surface area contributed by atoms with E-state index >= 15 is 0 Å². The predicted octanol–water partition coefficient (Wildman–Crippen LogP) is 3.09. The molecule has 0 atom stereocenters. The molecule has 0 amide bonds.